The SMILES string of the molecule is CCCC(=O)OCc1cccc(/C=C/COC(=O)O[C@@H](C(=O)OC2C[C@@]3(O)[C@@H](OC(=O)c4ccccc4)[C@H]4[C@](C)(C(=O)[C@H](C)C(=C2C)C3(C)C)[C@@H](O)CC2OC[C@]24OC(C)=O)C(NC(=O)c2ccccc2)c2ccccc2)c1[N+](=O)[O-]. The second-order valence-corrected chi connectivity index (χ2v) is 21.7. The van der Waals surface area contributed by atoms with Gasteiger partial charge in [0, 0.05) is 43.1 Å². The van der Waals surface area contributed by atoms with Crippen LogP contribution >= 0.6 is 0 Å². The Hall–Kier alpha value is -8.07. The average molecular weight is 1120 g/mol. The fourth-order valence-electron chi connectivity index (χ4n) is 12.5. The molecule has 1 amide bonds. The molecule has 3 aliphatic carbocycles. The standard InChI is InChI=1S/C61H66N2O18/c1-8-20-46(66)76-33-42-28-18-27-39(49(42)63(73)74)29-19-30-75-57(71)79-50(48(38-21-12-9-13-22-38)62-54(68)40-23-14-10-15-24-40)56(70)78-43-32-61(72)53(80-55(69)41-25-16-11-17-26-41)51-59(7,52(67)36(3)47(35(43)2)58(61,5)6)44(65)31-45-60(51,34-77-45)81-37(4)64/h9-19,21-29,36,43-45,48,50-51,53,65,72H,8,20,30-34H2,1-7H3,(H,62,68)/b29-19+/t36-,43?,44+,45?,48?,50-,51+,53+,59-,60+,61-/m1/s1. The summed E-state index contributed by atoms with van der Waals surface area (Å²) in [4.78, 5) is 110. The second-order valence-electron chi connectivity index (χ2n) is 21.7. The van der Waals surface area contributed by atoms with Gasteiger partial charge in [-0.3, -0.25) is 29.3 Å². The first-order chi connectivity index (χ1) is 38.5. The van der Waals surface area contributed by atoms with E-state index in [-0.39, 0.29) is 65.1 Å². The smallest absolute Gasteiger partial charge is 0.461 e. The lowest BCUT2D eigenvalue weighted by molar-refractivity contribution is -0.386. The molecule has 4 aromatic rings. The Labute approximate surface area is 467 Å². The number of nitro benzene ring substituents is 1. The molecule has 3 unspecified atom stereocenters. The molecule has 3 N–H and O–H groups in total. The summed E-state index contributed by atoms with van der Waals surface area (Å²) >= 11 is 0. The molecule has 0 aromatic heterocycles. The summed E-state index contributed by atoms with van der Waals surface area (Å²) in [6.07, 6.45) is -6.73. The summed E-state index contributed by atoms with van der Waals surface area (Å²) < 4.78 is 41.6. The maximum Gasteiger partial charge on any atom is 0.509 e. The number of ketones is 1. The van der Waals surface area contributed by atoms with Crippen LogP contribution in [0.3, 0.4) is 0 Å². The fraction of sp³-hybridized carbons (Fsp3) is 0.426. The molecule has 11 atom stereocenters. The minimum atomic E-state index is -2.35. The van der Waals surface area contributed by atoms with Gasteiger partial charge in [0.05, 0.1) is 45.7 Å². The Morgan fingerprint density at radius 1 is 0.889 bits per heavy atom. The maximum absolute atomic E-state index is 15.6. The first-order valence-corrected chi connectivity index (χ1v) is 26.8. The van der Waals surface area contributed by atoms with Gasteiger partial charge >= 0.3 is 30.0 Å². The van der Waals surface area contributed by atoms with E-state index in [9.17, 15) is 44.3 Å². The van der Waals surface area contributed by atoms with Crippen LogP contribution in [-0.2, 0) is 58.9 Å². The third kappa shape index (κ3) is 11.4. The Kier molecular flexibility index (Phi) is 17.5. The molecule has 8 rings (SSSR count). The number of benzene rings is 4. The number of carbonyl (C=O) groups excluding carboxylic acids is 7. The lowest BCUT2D eigenvalue weighted by Crippen LogP contribution is -2.81. The molecular formula is C61H66N2O18. The van der Waals surface area contributed by atoms with Crippen molar-refractivity contribution in [3.63, 3.8) is 0 Å². The number of rotatable bonds is 18. The molecule has 81 heavy (non-hydrogen) atoms. The number of aliphatic hydroxyl groups excluding tert-OH is 1. The normalized spacial score (nSPS) is 27.0. The van der Waals surface area contributed by atoms with Gasteiger partial charge in [-0.2, -0.15) is 0 Å². The minimum absolute atomic E-state index is 0.0665. The lowest BCUT2D eigenvalue weighted by Gasteiger charge is -2.67. The highest BCUT2D eigenvalue weighted by Crippen LogP contribution is 2.65. The highest BCUT2D eigenvalue weighted by atomic mass is 16.7. The average Bonchev–Trinajstić information content (AvgIpc) is 2.47. The molecular weight excluding hydrogens is 1050 g/mol. The number of fused-ring (bicyclic) bond motifs is 5. The number of hydrogen-bond donors (Lipinski definition) is 3. The van der Waals surface area contributed by atoms with Crippen LogP contribution in [-0.4, -0.2) is 112 Å². The number of esters is 4. The van der Waals surface area contributed by atoms with Gasteiger partial charge in [0.25, 0.3) is 11.6 Å². The van der Waals surface area contributed by atoms with Crippen molar-refractivity contribution in [3.8, 4) is 0 Å². The van der Waals surface area contributed by atoms with E-state index in [0.29, 0.717) is 12.0 Å². The van der Waals surface area contributed by atoms with Crippen molar-refractivity contribution in [2.24, 2.45) is 22.7 Å². The first kappa shape index (κ1) is 59.1. The third-order valence-corrected chi connectivity index (χ3v) is 16.5. The van der Waals surface area contributed by atoms with Crippen LogP contribution in [0.5, 0.6) is 0 Å². The second kappa shape index (κ2) is 23.9. The van der Waals surface area contributed by atoms with Crippen molar-refractivity contribution in [2.75, 3.05) is 13.2 Å². The highest BCUT2D eigenvalue weighted by Gasteiger charge is 2.77. The monoisotopic (exact) mass is 1110 g/mol. The largest absolute Gasteiger partial charge is 0.509 e. The van der Waals surface area contributed by atoms with E-state index in [1.807, 2.05) is 0 Å². The number of ether oxygens (including phenoxy) is 7. The van der Waals surface area contributed by atoms with E-state index < -0.39 is 130 Å². The number of nitro groups is 1. The number of carbonyl (C=O) groups is 7. The first-order valence-electron chi connectivity index (χ1n) is 26.8. The zero-order valence-electron chi connectivity index (χ0n) is 46.0. The highest BCUT2D eigenvalue weighted by molar-refractivity contribution is 5.95. The Bertz CT molecular complexity index is 3130. The lowest BCUT2D eigenvalue weighted by atomic mass is 9.43. The topological polar surface area (TPSA) is 280 Å². The van der Waals surface area contributed by atoms with Crippen LogP contribution in [0.15, 0.2) is 126 Å². The number of aliphatic hydroxyl groups is 2. The van der Waals surface area contributed by atoms with Crippen molar-refractivity contribution in [2.45, 2.75) is 129 Å². The summed E-state index contributed by atoms with van der Waals surface area (Å²) in [6.45, 7) is 9.81. The van der Waals surface area contributed by atoms with Gasteiger partial charge in [-0.1, -0.05) is 100 Å². The summed E-state index contributed by atoms with van der Waals surface area (Å²) in [7, 11) is 0. The van der Waals surface area contributed by atoms with Crippen molar-refractivity contribution in [3.05, 3.63) is 164 Å². The van der Waals surface area contributed by atoms with E-state index in [2.05, 4.69) is 5.32 Å². The summed E-state index contributed by atoms with van der Waals surface area (Å²) in [6, 6.07) is 26.8. The molecule has 4 aliphatic rings. The van der Waals surface area contributed by atoms with E-state index in [1.165, 1.54) is 68.5 Å². The fourth-order valence-corrected chi connectivity index (χ4v) is 12.5. The molecule has 20 heteroatoms. The number of Topliss-reactive ketones (excluding diaryl/α,β-unsaturated/α-hetero) is 1. The summed E-state index contributed by atoms with van der Waals surface area (Å²) in [5.41, 5.74) is -6.51. The van der Waals surface area contributed by atoms with Crippen molar-refractivity contribution in [1.29, 1.82) is 0 Å². The van der Waals surface area contributed by atoms with Gasteiger partial charge in [-0.15, -0.1) is 0 Å². The molecule has 428 valence electrons. The van der Waals surface area contributed by atoms with Crippen LogP contribution in [0.1, 0.15) is 118 Å². The number of nitrogens with zero attached hydrogens (tertiary/aromatic N) is 1. The molecule has 4 aromatic carbocycles. The number of nitrogens with one attached hydrogen (secondary N) is 1. The van der Waals surface area contributed by atoms with Crippen LogP contribution in [0.25, 0.3) is 6.08 Å². The summed E-state index contributed by atoms with van der Waals surface area (Å²) in [5, 5.41) is 41.2. The van der Waals surface area contributed by atoms with Crippen molar-refractivity contribution < 1.29 is 81.9 Å². The van der Waals surface area contributed by atoms with Gasteiger partial charge in [0.1, 0.15) is 49.0 Å². The van der Waals surface area contributed by atoms with E-state index in [4.69, 9.17) is 33.2 Å². The molecule has 3 fully saturated rings. The zero-order chi connectivity index (χ0) is 58.6. The molecule has 1 aliphatic heterocycles. The number of hydrogen-bond acceptors (Lipinski definition) is 18. The Morgan fingerprint density at radius 2 is 1.53 bits per heavy atom. The molecule has 2 bridgehead atoms. The van der Waals surface area contributed by atoms with Gasteiger partial charge in [-0.05, 0) is 85.5 Å². The predicted molar refractivity (Wildman–Crippen MR) is 288 cm³/mol. The number of para-hydroxylation sites is 1. The van der Waals surface area contributed by atoms with Gasteiger partial charge in [0.15, 0.2) is 5.60 Å². The predicted octanol–water partition coefficient (Wildman–Crippen LogP) is 8.07. The van der Waals surface area contributed by atoms with Crippen molar-refractivity contribution >= 4 is 53.5 Å². The Balaban J connectivity index is 1.18. The summed E-state index contributed by atoms with van der Waals surface area (Å²) in [5.74, 6) is -7.33. The van der Waals surface area contributed by atoms with Crippen LogP contribution in [0.2, 0.25) is 0 Å². The van der Waals surface area contributed by atoms with E-state index >= 15 is 9.59 Å². The van der Waals surface area contributed by atoms with Crippen LogP contribution in [0, 0.1) is 32.8 Å². The number of amides is 1. The molecule has 1 heterocycles. The van der Waals surface area contributed by atoms with E-state index in [0.717, 1.165) is 0 Å². The quantitative estimate of drug-likeness (QED) is 0.0279. The zero-order valence-corrected chi connectivity index (χ0v) is 46.0. The minimum Gasteiger partial charge on any atom is -0.461 e. The molecule has 0 radical (unpaired) electrons. The van der Waals surface area contributed by atoms with Crippen molar-refractivity contribution in [1.82, 2.24) is 5.32 Å². The molecule has 0 spiro atoms. The van der Waals surface area contributed by atoms with Crippen LogP contribution in [0.4, 0.5) is 10.5 Å². The van der Waals surface area contributed by atoms with Gasteiger partial charge in [0.2, 0.25) is 6.10 Å². The van der Waals surface area contributed by atoms with Gasteiger partial charge < -0.3 is 48.7 Å². The molecule has 20 nitrogen and oxygen atoms in total. The van der Waals surface area contributed by atoms with Gasteiger partial charge in [-0.25, -0.2) is 14.4 Å². The Morgan fingerprint density at radius 3 is 2.14 bits per heavy atom. The maximum atomic E-state index is 15.6. The molecule has 1 saturated heterocycles. The third-order valence-electron chi connectivity index (χ3n) is 16.5. The molecule has 2 saturated carbocycles. The van der Waals surface area contributed by atoms with Crippen LogP contribution < -0.4 is 5.32 Å². The van der Waals surface area contributed by atoms with E-state index in [1.54, 1.807) is 101 Å².